The molecule has 0 aromatic heterocycles. The average molecular weight is 373 g/mol. The maximum absolute atomic E-state index is 12.6. The lowest BCUT2D eigenvalue weighted by molar-refractivity contribution is -0.138. The van der Waals surface area contributed by atoms with Crippen LogP contribution in [-0.2, 0) is 0 Å². The van der Waals surface area contributed by atoms with E-state index in [2.05, 4.69) is 10.2 Å². The molecule has 0 aliphatic carbocycles. The molecule has 1 aliphatic heterocycles. The zero-order valence-electron chi connectivity index (χ0n) is 13.4. The van der Waals surface area contributed by atoms with Gasteiger partial charge in [-0.2, -0.15) is 13.2 Å². The Labute approximate surface area is 148 Å². The highest BCUT2D eigenvalue weighted by molar-refractivity contribution is 5.85. The van der Waals surface area contributed by atoms with Crippen LogP contribution in [0.3, 0.4) is 0 Å². The lowest BCUT2D eigenvalue weighted by atomic mass is 9.94. The van der Waals surface area contributed by atoms with Gasteiger partial charge in [0.1, 0.15) is 0 Å². The lowest BCUT2D eigenvalue weighted by Gasteiger charge is -2.36. The smallest absolute Gasteiger partial charge is 0.314 e. The quantitative estimate of drug-likeness (QED) is 0.840. The number of piperazine rings is 1. The van der Waals surface area contributed by atoms with Crippen LogP contribution >= 0.6 is 24.8 Å². The second kappa shape index (κ2) is 9.72. The number of nitrogens with zero attached hydrogens (tertiary/aromatic N) is 1. The van der Waals surface area contributed by atoms with Crippen LogP contribution in [0.2, 0.25) is 0 Å². The topological polar surface area (TPSA) is 15.3 Å². The van der Waals surface area contributed by atoms with Crippen molar-refractivity contribution < 1.29 is 13.2 Å². The Morgan fingerprint density at radius 1 is 1.13 bits per heavy atom. The average Bonchev–Trinajstić information content (AvgIpc) is 2.43. The van der Waals surface area contributed by atoms with Gasteiger partial charge in [0, 0.05) is 38.6 Å². The molecule has 0 amide bonds. The third kappa shape index (κ3) is 6.87. The minimum atomic E-state index is -4.09. The van der Waals surface area contributed by atoms with Crippen molar-refractivity contribution in [3.63, 3.8) is 0 Å². The molecule has 0 radical (unpaired) electrons. The van der Waals surface area contributed by atoms with E-state index >= 15 is 0 Å². The van der Waals surface area contributed by atoms with Gasteiger partial charge in [-0.15, -0.1) is 24.8 Å². The first-order valence-corrected chi connectivity index (χ1v) is 7.45. The summed E-state index contributed by atoms with van der Waals surface area (Å²) in [4.78, 5) is 2.18. The minimum Gasteiger partial charge on any atom is -0.314 e. The number of rotatable bonds is 4. The molecule has 7 heteroatoms. The molecule has 23 heavy (non-hydrogen) atoms. The molecular formula is C16H25Cl2F3N2. The van der Waals surface area contributed by atoms with Crippen molar-refractivity contribution in [2.45, 2.75) is 38.9 Å². The number of hydrogen-bond acceptors (Lipinski definition) is 2. The van der Waals surface area contributed by atoms with Gasteiger partial charge in [-0.25, -0.2) is 0 Å². The summed E-state index contributed by atoms with van der Waals surface area (Å²) in [6.45, 7) is 7.26. The molecule has 1 heterocycles. The fourth-order valence-corrected chi connectivity index (χ4v) is 2.95. The number of hydrogen-bond donors (Lipinski definition) is 1. The van der Waals surface area contributed by atoms with Crippen molar-refractivity contribution in [2.75, 3.05) is 26.2 Å². The molecule has 1 atom stereocenters. The van der Waals surface area contributed by atoms with Crippen LogP contribution in [0, 0.1) is 13.8 Å². The van der Waals surface area contributed by atoms with E-state index in [1.54, 1.807) is 0 Å². The zero-order chi connectivity index (χ0) is 15.5. The molecule has 2 nitrogen and oxygen atoms in total. The van der Waals surface area contributed by atoms with Gasteiger partial charge in [-0.3, -0.25) is 4.90 Å². The van der Waals surface area contributed by atoms with Gasteiger partial charge in [0.15, 0.2) is 0 Å². The number of aryl methyl sites for hydroxylation is 2. The summed E-state index contributed by atoms with van der Waals surface area (Å²) in [6.07, 6.45) is -4.69. The van der Waals surface area contributed by atoms with E-state index in [4.69, 9.17) is 0 Å². The normalized spacial score (nSPS) is 17.1. The molecule has 1 N–H and O–H groups in total. The van der Waals surface area contributed by atoms with Gasteiger partial charge in [0.05, 0.1) is 0 Å². The number of benzene rings is 1. The lowest BCUT2D eigenvalue weighted by Crippen LogP contribution is -2.45. The Bertz CT molecular complexity index is 475. The standard InChI is InChI=1S/C16H23F3N2.2ClH/c1-12-3-4-13(2)14(11-12)15(5-6-16(17,18)19)21-9-7-20-8-10-21;;/h3-4,11,15,20H,5-10H2,1-2H3;2*1H/t15-;;/m1../s1. The minimum absolute atomic E-state index is 0. The Hall–Kier alpha value is -0.490. The van der Waals surface area contributed by atoms with Gasteiger partial charge in [0.25, 0.3) is 0 Å². The van der Waals surface area contributed by atoms with Crippen LogP contribution < -0.4 is 5.32 Å². The van der Waals surface area contributed by atoms with E-state index in [1.807, 2.05) is 32.0 Å². The summed E-state index contributed by atoms with van der Waals surface area (Å²) < 4.78 is 37.9. The van der Waals surface area contributed by atoms with Crippen LogP contribution in [0.5, 0.6) is 0 Å². The third-order valence-electron chi connectivity index (χ3n) is 4.09. The molecular weight excluding hydrogens is 348 g/mol. The van der Waals surface area contributed by atoms with Crippen LogP contribution in [0.1, 0.15) is 35.6 Å². The summed E-state index contributed by atoms with van der Waals surface area (Å²) in [5.74, 6) is 0. The largest absolute Gasteiger partial charge is 0.389 e. The number of halogens is 5. The Morgan fingerprint density at radius 3 is 2.30 bits per heavy atom. The van der Waals surface area contributed by atoms with Crippen molar-refractivity contribution in [3.05, 3.63) is 34.9 Å². The van der Waals surface area contributed by atoms with Gasteiger partial charge >= 0.3 is 6.18 Å². The van der Waals surface area contributed by atoms with Crippen molar-refractivity contribution in [1.82, 2.24) is 10.2 Å². The molecule has 2 rings (SSSR count). The Kier molecular flexibility index (Phi) is 9.51. The molecule has 1 fully saturated rings. The van der Waals surface area contributed by atoms with Gasteiger partial charge in [-0.1, -0.05) is 23.8 Å². The highest BCUT2D eigenvalue weighted by Crippen LogP contribution is 2.33. The molecule has 0 spiro atoms. The van der Waals surface area contributed by atoms with Gasteiger partial charge < -0.3 is 5.32 Å². The maximum atomic E-state index is 12.6. The predicted molar refractivity (Wildman–Crippen MR) is 92.9 cm³/mol. The predicted octanol–water partition coefficient (Wildman–Crippen LogP) is 4.44. The fraction of sp³-hybridized carbons (Fsp3) is 0.625. The molecule has 1 aliphatic rings. The van der Waals surface area contributed by atoms with Crippen molar-refractivity contribution >= 4 is 24.8 Å². The molecule has 0 bridgehead atoms. The molecule has 0 saturated carbocycles. The molecule has 1 aromatic carbocycles. The molecule has 1 saturated heterocycles. The monoisotopic (exact) mass is 372 g/mol. The van der Waals surface area contributed by atoms with Crippen molar-refractivity contribution in [2.24, 2.45) is 0 Å². The number of nitrogens with one attached hydrogen (secondary N) is 1. The Balaban J connectivity index is 0.00000242. The summed E-state index contributed by atoms with van der Waals surface area (Å²) in [7, 11) is 0. The van der Waals surface area contributed by atoms with Gasteiger partial charge in [0.2, 0.25) is 0 Å². The van der Waals surface area contributed by atoms with Crippen LogP contribution in [0.15, 0.2) is 18.2 Å². The summed E-state index contributed by atoms with van der Waals surface area (Å²) >= 11 is 0. The van der Waals surface area contributed by atoms with Crippen LogP contribution in [0.25, 0.3) is 0 Å². The summed E-state index contributed by atoms with van der Waals surface area (Å²) in [5.41, 5.74) is 3.22. The molecule has 0 unspecified atom stereocenters. The van der Waals surface area contributed by atoms with Crippen LogP contribution in [0.4, 0.5) is 13.2 Å². The maximum Gasteiger partial charge on any atom is 0.389 e. The van der Waals surface area contributed by atoms with Gasteiger partial charge in [-0.05, 0) is 31.4 Å². The molecule has 1 aromatic rings. The van der Waals surface area contributed by atoms with E-state index in [0.717, 1.165) is 42.9 Å². The highest BCUT2D eigenvalue weighted by atomic mass is 35.5. The summed E-state index contributed by atoms with van der Waals surface area (Å²) in [6, 6.07) is 5.91. The van der Waals surface area contributed by atoms with E-state index in [0.29, 0.717) is 0 Å². The first-order chi connectivity index (χ1) is 9.87. The van der Waals surface area contributed by atoms with Crippen LogP contribution in [-0.4, -0.2) is 37.3 Å². The van der Waals surface area contributed by atoms with E-state index < -0.39 is 12.6 Å². The third-order valence-corrected chi connectivity index (χ3v) is 4.09. The van der Waals surface area contributed by atoms with E-state index in [-0.39, 0.29) is 37.3 Å². The first-order valence-electron chi connectivity index (χ1n) is 7.45. The van der Waals surface area contributed by atoms with E-state index in [1.165, 1.54) is 0 Å². The summed E-state index contributed by atoms with van der Waals surface area (Å²) in [5, 5.41) is 3.26. The second-order valence-corrected chi connectivity index (χ2v) is 5.82. The molecule has 134 valence electrons. The highest BCUT2D eigenvalue weighted by Gasteiger charge is 2.31. The Morgan fingerprint density at radius 2 is 1.74 bits per heavy atom. The van der Waals surface area contributed by atoms with Crippen molar-refractivity contribution in [3.8, 4) is 0 Å². The van der Waals surface area contributed by atoms with E-state index in [9.17, 15) is 13.2 Å². The second-order valence-electron chi connectivity index (χ2n) is 5.82. The van der Waals surface area contributed by atoms with Crippen molar-refractivity contribution in [1.29, 1.82) is 0 Å². The SMILES string of the molecule is Cc1ccc(C)c([C@@H](CCC(F)(F)F)N2CCNCC2)c1.Cl.Cl. The number of alkyl halides is 3. The first kappa shape index (κ1) is 22.5. The zero-order valence-corrected chi connectivity index (χ0v) is 15.1. The fourth-order valence-electron chi connectivity index (χ4n) is 2.95.